The predicted molar refractivity (Wildman–Crippen MR) is 110 cm³/mol. The number of sulfone groups is 1. The lowest BCUT2D eigenvalue weighted by molar-refractivity contribution is 0.223. The summed E-state index contributed by atoms with van der Waals surface area (Å²) in [6.07, 6.45) is 0.516. The van der Waals surface area contributed by atoms with Crippen molar-refractivity contribution in [3.63, 3.8) is 0 Å². The van der Waals surface area contributed by atoms with Crippen molar-refractivity contribution >= 4 is 39.8 Å². The maximum atomic E-state index is 11.5. The second-order valence-corrected chi connectivity index (χ2v) is 8.03. The highest BCUT2D eigenvalue weighted by atomic mass is 127. The summed E-state index contributed by atoms with van der Waals surface area (Å²) in [6, 6.07) is 7.34. The van der Waals surface area contributed by atoms with E-state index in [1.807, 2.05) is 31.2 Å². The van der Waals surface area contributed by atoms with Gasteiger partial charge in [-0.3, -0.25) is 4.99 Å². The molecule has 0 spiro atoms. The predicted octanol–water partition coefficient (Wildman–Crippen LogP) is 1.43. The average molecular weight is 483 g/mol. The third-order valence-electron chi connectivity index (χ3n) is 3.73. The van der Waals surface area contributed by atoms with Crippen LogP contribution in [0.25, 0.3) is 0 Å². The fraction of sp³-hybridized carbons (Fsp3) is 0.562. The molecule has 1 heterocycles. The smallest absolute Gasteiger partial charge is 0.191 e. The molecule has 1 aromatic rings. The highest BCUT2D eigenvalue weighted by Crippen LogP contribution is 2.19. The molecular formula is C16H26IN3O4S. The molecule has 0 bridgehead atoms. The van der Waals surface area contributed by atoms with E-state index in [1.54, 1.807) is 14.2 Å². The van der Waals surface area contributed by atoms with Gasteiger partial charge in [0.05, 0.1) is 25.2 Å². The maximum absolute atomic E-state index is 11.5. The van der Waals surface area contributed by atoms with Crippen LogP contribution in [0, 0.1) is 0 Å². The first-order chi connectivity index (χ1) is 11.4. The zero-order chi connectivity index (χ0) is 17.6. The van der Waals surface area contributed by atoms with Gasteiger partial charge in [-0.25, -0.2) is 8.42 Å². The molecule has 2 unspecified atom stereocenters. The second kappa shape index (κ2) is 10.0. The maximum Gasteiger partial charge on any atom is 0.191 e. The van der Waals surface area contributed by atoms with E-state index >= 15 is 0 Å². The molecule has 0 aliphatic carbocycles. The van der Waals surface area contributed by atoms with Crippen LogP contribution in [0.5, 0.6) is 11.5 Å². The van der Waals surface area contributed by atoms with Crippen molar-refractivity contribution in [2.45, 2.75) is 25.5 Å². The number of hydrogen-bond acceptors (Lipinski definition) is 5. The molecule has 2 rings (SSSR count). The normalized spacial score (nSPS) is 20.3. The summed E-state index contributed by atoms with van der Waals surface area (Å²) in [6.45, 7) is 2.48. The molecule has 1 saturated heterocycles. The van der Waals surface area contributed by atoms with Gasteiger partial charge in [0.25, 0.3) is 0 Å². The van der Waals surface area contributed by atoms with Gasteiger partial charge in [0.2, 0.25) is 0 Å². The molecule has 142 valence electrons. The minimum Gasteiger partial charge on any atom is -0.497 e. The minimum absolute atomic E-state index is 0. The highest BCUT2D eigenvalue weighted by Gasteiger charge is 2.28. The van der Waals surface area contributed by atoms with E-state index in [0.717, 1.165) is 11.5 Å². The van der Waals surface area contributed by atoms with E-state index in [9.17, 15) is 8.42 Å². The number of halogens is 1. The Balaban J connectivity index is 0.00000312. The Morgan fingerprint density at radius 2 is 2.12 bits per heavy atom. The molecule has 25 heavy (non-hydrogen) atoms. The number of methoxy groups -OCH3 is 1. The standard InChI is InChI=1S/C16H25N3O4S.HI/c1-12(23-15-6-4-5-14(9-15)22-3)10-18-16(17-2)19-13-7-8-24(20,21)11-13;/h4-6,9,12-13H,7-8,10-11H2,1-3H3,(H2,17,18,19);1H. The number of nitrogens with zero attached hydrogens (tertiary/aromatic N) is 1. The van der Waals surface area contributed by atoms with E-state index in [4.69, 9.17) is 9.47 Å². The lowest BCUT2D eigenvalue weighted by Gasteiger charge is -2.20. The van der Waals surface area contributed by atoms with Crippen molar-refractivity contribution in [3.8, 4) is 11.5 Å². The monoisotopic (exact) mass is 483 g/mol. The van der Waals surface area contributed by atoms with Gasteiger partial charge in [-0.15, -0.1) is 24.0 Å². The van der Waals surface area contributed by atoms with Gasteiger partial charge in [-0.05, 0) is 25.5 Å². The van der Waals surface area contributed by atoms with E-state index in [-0.39, 0.29) is 47.6 Å². The minimum atomic E-state index is -2.91. The molecule has 0 radical (unpaired) electrons. The average Bonchev–Trinajstić information content (AvgIpc) is 2.90. The first-order valence-corrected chi connectivity index (χ1v) is 9.72. The zero-order valence-electron chi connectivity index (χ0n) is 14.7. The van der Waals surface area contributed by atoms with Gasteiger partial charge in [0.1, 0.15) is 17.6 Å². The molecule has 2 N–H and O–H groups in total. The summed E-state index contributed by atoms with van der Waals surface area (Å²) >= 11 is 0. The van der Waals surface area contributed by atoms with Gasteiger partial charge in [0.15, 0.2) is 15.8 Å². The summed E-state index contributed by atoms with van der Waals surface area (Å²) in [5, 5.41) is 6.30. The molecule has 1 aliphatic rings. The van der Waals surface area contributed by atoms with Gasteiger partial charge in [-0.1, -0.05) is 6.07 Å². The summed E-state index contributed by atoms with van der Waals surface area (Å²) in [5.74, 6) is 2.44. The van der Waals surface area contributed by atoms with Gasteiger partial charge < -0.3 is 20.1 Å². The Kier molecular flexibility index (Phi) is 8.77. The number of nitrogens with one attached hydrogen (secondary N) is 2. The Morgan fingerprint density at radius 3 is 2.72 bits per heavy atom. The third kappa shape index (κ3) is 7.27. The van der Waals surface area contributed by atoms with Crippen LogP contribution in [-0.4, -0.2) is 58.7 Å². The van der Waals surface area contributed by atoms with Crippen LogP contribution in [0.4, 0.5) is 0 Å². The summed E-state index contributed by atoms with van der Waals surface area (Å²) in [7, 11) is 0.363. The SMILES string of the molecule is CN=C(NCC(C)Oc1cccc(OC)c1)NC1CCS(=O)(=O)C1.I. The molecule has 0 amide bonds. The largest absolute Gasteiger partial charge is 0.497 e. The molecule has 0 aromatic heterocycles. The molecule has 1 aromatic carbocycles. The van der Waals surface area contributed by atoms with Crippen molar-refractivity contribution in [1.82, 2.24) is 10.6 Å². The molecule has 0 saturated carbocycles. The fourth-order valence-electron chi connectivity index (χ4n) is 2.49. The Morgan fingerprint density at radius 1 is 1.40 bits per heavy atom. The number of aliphatic imine (C=N–C) groups is 1. The van der Waals surface area contributed by atoms with Crippen LogP contribution >= 0.6 is 24.0 Å². The lowest BCUT2D eigenvalue weighted by Crippen LogP contribution is -2.46. The van der Waals surface area contributed by atoms with E-state index in [0.29, 0.717) is 18.9 Å². The van der Waals surface area contributed by atoms with E-state index in [2.05, 4.69) is 15.6 Å². The van der Waals surface area contributed by atoms with Crippen molar-refractivity contribution < 1.29 is 17.9 Å². The lowest BCUT2D eigenvalue weighted by atomic mass is 10.3. The zero-order valence-corrected chi connectivity index (χ0v) is 17.8. The summed E-state index contributed by atoms with van der Waals surface area (Å²) in [5.41, 5.74) is 0. The fourth-order valence-corrected chi connectivity index (χ4v) is 4.16. The van der Waals surface area contributed by atoms with Crippen LogP contribution in [0.15, 0.2) is 29.3 Å². The van der Waals surface area contributed by atoms with E-state index < -0.39 is 9.84 Å². The number of rotatable bonds is 6. The van der Waals surface area contributed by atoms with Crippen molar-refractivity contribution in [2.24, 2.45) is 4.99 Å². The van der Waals surface area contributed by atoms with E-state index in [1.165, 1.54) is 0 Å². The number of hydrogen-bond donors (Lipinski definition) is 2. The highest BCUT2D eigenvalue weighted by molar-refractivity contribution is 14.0. The molecule has 7 nitrogen and oxygen atoms in total. The summed E-state index contributed by atoms with van der Waals surface area (Å²) < 4.78 is 34.0. The molecular weight excluding hydrogens is 457 g/mol. The quantitative estimate of drug-likeness (QED) is 0.362. The number of guanidine groups is 1. The van der Waals surface area contributed by atoms with Crippen molar-refractivity contribution in [1.29, 1.82) is 0 Å². The molecule has 9 heteroatoms. The molecule has 1 aliphatic heterocycles. The third-order valence-corrected chi connectivity index (χ3v) is 5.50. The topological polar surface area (TPSA) is 89.0 Å². The second-order valence-electron chi connectivity index (χ2n) is 5.80. The summed E-state index contributed by atoms with van der Waals surface area (Å²) in [4.78, 5) is 4.13. The van der Waals surface area contributed by atoms with Crippen molar-refractivity contribution in [3.05, 3.63) is 24.3 Å². The Labute approximate surface area is 166 Å². The van der Waals surface area contributed by atoms with Crippen LogP contribution < -0.4 is 20.1 Å². The Hall–Kier alpha value is -1.23. The van der Waals surface area contributed by atoms with Gasteiger partial charge in [0, 0.05) is 19.2 Å². The first-order valence-electron chi connectivity index (χ1n) is 7.90. The van der Waals surface area contributed by atoms with Gasteiger partial charge >= 0.3 is 0 Å². The molecule has 2 atom stereocenters. The first kappa shape index (κ1) is 21.8. The van der Waals surface area contributed by atoms with Crippen LogP contribution in [0.3, 0.4) is 0 Å². The number of benzene rings is 1. The van der Waals surface area contributed by atoms with Gasteiger partial charge in [-0.2, -0.15) is 0 Å². The van der Waals surface area contributed by atoms with Crippen LogP contribution in [0.1, 0.15) is 13.3 Å². The van der Waals surface area contributed by atoms with Crippen LogP contribution in [0.2, 0.25) is 0 Å². The number of ether oxygens (including phenoxy) is 2. The Bertz CT molecular complexity index is 682. The van der Waals surface area contributed by atoms with Crippen LogP contribution in [-0.2, 0) is 9.84 Å². The molecule has 1 fully saturated rings. The van der Waals surface area contributed by atoms with Crippen molar-refractivity contribution in [2.75, 3.05) is 32.2 Å².